The number of nitrogens with zero attached hydrogens (tertiary/aromatic N) is 3. The Kier molecular flexibility index (Phi) is 6.85. The van der Waals surface area contributed by atoms with Gasteiger partial charge in [0.2, 0.25) is 11.8 Å². The predicted octanol–water partition coefficient (Wildman–Crippen LogP) is 5.08. The molecule has 0 radical (unpaired) electrons. The molecule has 0 aliphatic heterocycles. The van der Waals surface area contributed by atoms with Crippen molar-refractivity contribution in [1.82, 2.24) is 4.98 Å². The van der Waals surface area contributed by atoms with Gasteiger partial charge >= 0.3 is 0 Å². The summed E-state index contributed by atoms with van der Waals surface area (Å²) >= 11 is 1.31. The molecule has 1 heterocycles. The number of amides is 1. The summed E-state index contributed by atoms with van der Waals surface area (Å²) in [7, 11) is 0. The summed E-state index contributed by atoms with van der Waals surface area (Å²) in [5.41, 5.74) is 1.75. The monoisotopic (exact) mass is 434 g/mol. The van der Waals surface area contributed by atoms with Gasteiger partial charge < -0.3 is 10.1 Å². The van der Waals surface area contributed by atoms with Crippen LogP contribution in [-0.4, -0.2) is 21.1 Å². The standard InChI is InChI=1S/C22H18N4O4S/c1-14-12-18(30-22-16(13-23)4-3-11-24-22)7-10-20(14)25-21(27)15(2)31-19-8-5-17(6-9-19)26(28)29/h3-12,15H,1-2H3,(H,25,27). The lowest BCUT2D eigenvalue weighted by molar-refractivity contribution is -0.384. The second-order valence-corrected chi connectivity index (χ2v) is 7.96. The molecule has 1 N–H and O–H groups in total. The Balaban J connectivity index is 1.64. The number of anilines is 1. The van der Waals surface area contributed by atoms with Gasteiger partial charge in [-0.15, -0.1) is 11.8 Å². The number of aromatic nitrogens is 1. The maximum atomic E-state index is 12.6. The molecule has 0 saturated carbocycles. The van der Waals surface area contributed by atoms with Crippen LogP contribution < -0.4 is 10.1 Å². The van der Waals surface area contributed by atoms with E-state index in [-0.39, 0.29) is 17.5 Å². The molecular formula is C22H18N4O4S. The lowest BCUT2D eigenvalue weighted by Gasteiger charge is -2.14. The molecule has 1 unspecified atom stereocenters. The molecule has 0 bridgehead atoms. The maximum Gasteiger partial charge on any atom is 0.269 e. The average molecular weight is 434 g/mol. The number of benzene rings is 2. The van der Waals surface area contributed by atoms with Gasteiger partial charge in [-0.3, -0.25) is 14.9 Å². The number of non-ortho nitro benzene ring substituents is 1. The second-order valence-electron chi connectivity index (χ2n) is 6.55. The lowest BCUT2D eigenvalue weighted by atomic mass is 10.2. The minimum Gasteiger partial charge on any atom is -0.438 e. The van der Waals surface area contributed by atoms with Crippen molar-refractivity contribution in [2.45, 2.75) is 24.0 Å². The van der Waals surface area contributed by atoms with Crippen LogP contribution in [0.2, 0.25) is 0 Å². The summed E-state index contributed by atoms with van der Waals surface area (Å²) in [5.74, 6) is 0.518. The molecule has 0 saturated heterocycles. The third-order valence-corrected chi connectivity index (χ3v) is 5.40. The molecule has 156 valence electrons. The van der Waals surface area contributed by atoms with Gasteiger partial charge in [0.25, 0.3) is 5.69 Å². The average Bonchev–Trinajstić information content (AvgIpc) is 2.76. The summed E-state index contributed by atoms with van der Waals surface area (Å²) in [6, 6.07) is 16.5. The third kappa shape index (κ3) is 5.58. The largest absolute Gasteiger partial charge is 0.438 e. The summed E-state index contributed by atoms with van der Waals surface area (Å²) < 4.78 is 5.70. The fraction of sp³-hybridized carbons (Fsp3) is 0.136. The molecule has 2 aromatic carbocycles. The number of nitriles is 1. The molecule has 0 fully saturated rings. The van der Waals surface area contributed by atoms with E-state index in [4.69, 9.17) is 10.00 Å². The van der Waals surface area contributed by atoms with Gasteiger partial charge in [-0.25, -0.2) is 4.98 Å². The zero-order chi connectivity index (χ0) is 22.4. The van der Waals surface area contributed by atoms with Gasteiger partial charge in [0, 0.05) is 28.9 Å². The maximum absolute atomic E-state index is 12.6. The summed E-state index contributed by atoms with van der Waals surface area (Å²) in [6.45, 7) is 3.60. The molecule has 0 spiro atoms. The van der Waals surface area contributed by atoms with Gasteiger partial charge in [-0.1, -0.05) is 0 Å². The predicted molar refractivity (Wildman–Crippen MR) is 117 cm³/mol. The molecule has 0 aliphatic carbocycles. The van der Waals surface area contributed by atoms with E-state index in [0.717, 1.165) is 10.5 Å². The highest BCUT2D eigenvalue weighted by Crippen LogP contribution is 2.29. The highest BCUT2D eigenvalue weighted by atomic mass is 32.2. The van der Waals surface area contributed by atoms with E-state index in [1.54, 1.807) is 55.6 Å². The zero-order valence-electron chi connectivity index (χ0n) is 16.7. The topological polar surface area (TPSA) is 118 Å². The first-order valence-electron chi connectivity index (χ1n) is 9.23. The number of hydrogen-bond acceptors (Lipinski definition) is 7. The smallest absolute Gasteiger partial charge is 0.269 e. The Bertz CT molecular complexity index is 1160. The highest BCUT2D eigenvalue weighted by molar-refractivity contribution is 8.00. The van der Waals surface area contributed by atoms with Crippen molar-refractivity contribution in [2.24, 2.45) is 0 Å². The first kappa shape index (κ1) is 21.8. The van der Waals surface area contributed by atoms with E-state index < -0.39 is 10.2 Å². The number of carbonyl (C=O) groups excluding carboxylic acids is 1. The van der Waals surface area contributed by atoms with Crippen LogP contribution in [0.1, 0.15) is 18.1 Å². The van der Waals surface area contributed by atoms with Crippen molar-refractivity contribution in [3.8, 4) is 17.7 Å². The quantitative estimate of drug-likeness (QED) is 0.313. The van der Waals surface area contributed by atoms with Gasteiger partial charge in [0.1, 0.15) is 17.4 Å². The number of ether oxygens (including phenoxy) is 1. The molecule has 3 rings (SSSR count). The molecule has 0 aliphatic rings. The Labute approximate surface area is 183 Å². The van der Waals surface area contributed by atoms with Gasteiger partial charge in [-0.2, -0.15) is 5.26 Å². The first-order valence-corrected chi connectivity index (χ1v) is 10.1. The van der Waals surface area contributed by atoms with Crippen LogP contribution in [0.15, 0.2) is 65.7 Å². The van der Waals surface area contributed by atoms with Crippen LogP contribution in [0.4, 0.5) is 11.4 Å². The van der Waals surface area contributed by atoms with E-state index in [9.17, 15) is 14.9 Å². The van der Waals surface area contributed by atoms with Crippen molar-refractivity contribution in [3.63, 3.8) is 0 Å². The lowest BCUT2D eigenvalue weighted by Crippen LogP contribution is -2.22. The van der Waals surface area contributed by atoms with Crippen LogP contribution in [0.3, 0.4) is 0 Å². The molecule has 3 aromatic rings. The van der Waals surface area contributed by atoms with E-state index in [1.165, 1.54) is 23.9 Å². The first-order chi connectivity index (χ1) is 14.9. The summed E-state index contributed by atoms with van der Waals surface area (Å²) in [6.07, 6.45) is 1.54. The number of hydrogen-bond donors (Lipinski definition) is 1. The van der Waals surface area contributed by atoms with Crippen LogP contribution in [0.25, 0.3) is 0 Å². The van der Waals surface area contributed by atoms with E-state index in [0.29, 0.717) is 17.0 Å². The van der Waals surface area contributed by atoms with Gasteiger partial charge in [-0.05, 0) is 61.9 Å². The van der Waals surface area contributed by atoms with Crippen molar-refractivity contribution < 1.29 is 14.5 Å². The van der Waals surface area contributed by atoms with Crippen molar-refractivity contribution in [2.75, 3.05) is 5.32 Å². The Morgan fingerprint density at radius 2 is 2.00 bits per heavy atom. The molecule has 1 amide bonds. The van der Waals surface area contributed by atoms with Crippen LogP contribution >= 0.6 is 11.8 Å². The second kappa shape index (κ2) is 9.73. The van der Waals surface area contributed by atoms with E-state index in [2.05, 4.69) is 10.3 Å². The minimum atomic E-state index is -0.463. The molecule has 31 heavy (non-hydrogen) atoms. The summed E-state index contributed by atoms with van der Waals surface area (Å²) in [5, 5.41) is 22.4. The number of rotatable bonds is 7. The number of nitrogens with one attached hydrogen (secondary N) is 1. The molecule has 1 atom stereocenters. The number of pyridine rings is 1. The van der Waals surface area contributed by atoms with E-state index >= 15 is 0 Å². The van der Waals surface area contributed by atoms with Crippen LogP contribution in [0, 0.1) is 28.4 Å². The van der Waals surface area contributed by atoms with Crippen molar-refractivity contribution in [1.29, 1.82) is 5.26 Å². The number of carbonyl (C=O) groups is 1. The number of thioether (sulfide) groups is 1. The van der Waals surface area contributed by atoms with Crippen LogP contribution in [0.5, 0.6) is 11.6 Å². The Hall–Kier alpha value is -3.90. The molecular weight excluding hydrogens is 416 g/mol. The Morgan fingerprint density at radius 3 is 2.65 bits per heavy atom. The number of nitro groups is 1. The molecule has 9 heteroatoms. The fourth-order valence-corrected chi connectivity index (χ4v) is 3.51. The zero-order valence-corrected chi connectivity index (χ0v) is 17.6. The highest BCUT2D eigenvalue weighted by Gasteiger charge is 2.17. The van der Waals surface area contributed by atoms with Crippen molar-refractivity contribution in [3.05, 3.63) is 82.0 Å². The third-order valence-electron chi connectivity index (χ3n) is 4.29. The normalized spacial score (nSPS) is 11.3. The SMILES string of the molecule is Cc1cc(Oc2ncccc2C#N)ccc1NC(=O)C(C)Sc1ccc([N+](=O)[O-])cc1. The van der Waals surface area contributed by atoms with Gasteiger partial charge in [0.15, 0.2) is 0 Å². The fourth-order valence-electron chi connectivity index (χ4n) is 2.65. The van der Waals surface area contributed by atoms with Crippen molar-refractivity contribution >= 4 is 29.0 Å². The van der Waals surface area contributed by atoms with Gasteiger partial charge in [0.05, 0.1) is 10.2 Å². The number of nitro benzene ring substituents is 1. The summed E-state index contributed by atoms with van der Waals surface area (Å²) in [4.78, 5) is 27.7. The van der Waals surface area contributed by atoms with E-state index in [1.807, 2.05) is 13.0 Å². The number of aryl methyl sites for hydroxylation is 1. The van der Waals surface area contributed by atoms with Crippen LogP contribution in [-0.2, 0) is 4.79 Å². The minimum absolute atomic E-state index is 0.00646. The molecule has 1 aromatic heterocycles. The molecule has 8 nitrogen and oxygen atoms in total. The Morgan fingerprint density at radius 1 is 1.26 bits per heavy atom.